The van der Waals surface area contributed by atoms with E-state index in [9.17, 15) is 4.79 Å². The molecule has 3 heteroatoms. The van der Waals surface area contributed by atoms with Crippen molar-refractivity contribution < 1.29 is 4.79 Å². The maximum atomic E-state index is 11.8. The minimum atomic E-state index is -0.361. The standard InChI is InChI=1S/C15H24N2O/c1-15(2,3)14(18)17-13-9-7-12(8-10-13)6-4-5-11-16/h7-10H,4-6,11,16H2,1-3H3,(H,17,18). The molecule has 0 atom stereocenters. The molecular weight excluding hydrogens is 224 g/mol. The number of aryl methyl sites for hydroxylation is 1. The highest BCUT2D eigenvalue weighted by Gasteiger charge is 2.20. The van der Waals surface area contributed by atoms with Crippen LogP contribution in [0.15, 0.2) is 24.3 Å². The van der Waals surface area contributed by atoms with E-state index in [1.807, 2.05) is 32.9 Å². The number of hydrogen-bond donors (Lipinski definition) is 2. The first-order valence-electron chi connectivity index (χ1n) is 6.54. The van der Waals surface area contributed by atoms with E-state index >= 15 is 0 Å². The number of hydrogen-bond acceptors (Lipinski definition) is 2. The van der Waals surface area contributed by atoms with Gasteiger partial charge in [0.05, 0.1) is 0 Å². The van der Waals surface area contributed by atoms with E-state index in [2.05, 4.69) is 17.4 Å². The van der Waals surface area contributed by atoms with Crippen LogP contribution in [0.2, 0.25) is 0 Å². The smallest absolute Gasteiger partial charge is 0.229 e. The Bertz CT molecular complexity index is 376. The zero-order valence-electron chi connectivity index (χ0n) is 11.6. The van der Waals surface area contributed by atoms with Crippen LogP contribution in [-0.4, -0.2) is 12.5 Å². The van der Waals surface area contributed by atoms with Crippen molar-refractivity contribution in [3.8, 4) is 0 Å². The number of anilines is 1. The fraction of sp³-hybridized carbons (Fsp3) is 0.533. The number of nitrogens with two attached hydrogens (primary N) is 1. The van der Waals surface area contributed by atoms with Crippen molar-refractivity contribution in [1.82, 2.24) is 0 Å². The Hall–Kier alpha value is -1.35. The summed E-state index contributed by atoms with van der Waals surface area (Å²) in [5.41, 5.74) is 7.25. The van der Waals surface area contributed by atoms with Gasteiger partial charge in [0.1, 0.15) is 0 Å². The maximum Gasteiger partial charge on any atom is 0.229 e. The monoisotopic (exact) mass is 248 g/mol. The number of carbonyl (C=O) groups excluding carboxylic acids is 1. The normalized spacial score (nSPS) is 11.3. The molecule has 0 saturated heterocycles. The van der Waals surface area contributed by atoms with Crippen molar-refractivity contribution in [2.24, 2.45) is 11.1 Å². The first-order chi connectivity index (χ1) is 8.43. The Morgan fingerprint density at radius 3 is 2.28 bits per heavy atom. The van der Waals surface area contributed by atoms with Gasteiger partial charge in [0.15, 0.2) is 0 Å². The average molecular weight is 248 g/mol. The van der Waals surface area contributed by atoms with Crippen molar-refractivity contribution >= 4 is 11.6 Å². The summed E-state index contributed by atoms with van der Waals surface area (Å²) in [7, 11) is 0. The predicted octanol–water partition coefficient (Wildman–Crippen LogP) is 2.95. The molecule has 0 aliphatic rings. The van der Waals surface area contributed by atoms with E-state index < -0.39 is 0 Å². The fourth-order valence-electron chi connectivity index (χ4n) is 1.55. The highest BCUT2D eigenvalue weighted by molar-refractivity contribution is 5.94. The van der Waals surface area contributed by atoms with Crippen LogP contribution in [0.5, 0.6) is 0 Å². The molecule has 1 rings (SSSR count). The van der Waals surface area contributed by atoms with E-state index in [0.717, 1.165) is 31.5 Å². The predicted molar refractivity (Wildman–Crippen MR) is 76.5 cm³/mol. The third-order valence-corrected chi connectivity index (χ3v) is 2.81. The van der Waals surface area contributed by atoms with Gasteiger partial charge in [0.25, 0.3) is 0 Å². The number of nitrogens with one attached hydrogen (secondary N) is 1. The first kappa shape index (κ1) is 14.7. The second-order valence-electron chi connectivity index (χ2n) is 5.65. The largest absolute Gasteiger partial charge is 0.330 e. The summed E-state index contributed by atoms with van der Waals surface area (Å²) in [5.74, 6) is 0.0402. The number of amides is 1. The highest BCUT2D eigenvalue weighted by Crippen LogP contribution is 2.18. The van der Waals surface area contributed by atoms with E-state index in [-0.39, 0.29) is 11.3 Å². The molecule has 0 radical (unpaired) electrons. The van der Waals surface area contributed by atoms with E-state index in [0.29, 0.717) is 0 Å². The van der Waals surface area contributed by atoms with E-state index in [1.165, 1.54) is 5.56 Å². The topological polar surface area (TPSA) is 55.1 Å². The molecule has 1 aromatic carbocycles. The van der Waals surface area contributed by atoms with Gasteiger partial charge in [0.2, 0.25) is 5.91 Å². The van der Waals surface area contributed by atoms with Crippen molar-refractivity contribution in [3.63, 3.8) is 0 Å². The van der Waals surface area contributed by atoms with Gasteiger partial charge in [-0.1, -0.05) is 32.9 Å². The molecule has 0 aliphatic heterocycles. The van der Waals surface area contributed by atoms with Crippen molar-refractivity contribution in [2.45, 2.75) is 40.0 Å². The average Bonchev–Trinajstić information content (AvgIpc) is 2.30. The van der Waals surface area contributed by atoms with Crippen LogP contribution in [0.1, 0.15) is 39.2 Å². The molecule has 3 nitrogen and oxygen atoms in total. The first-order valence-corrected chi connectivity index (χ1v) is 6.54. The Kier molecular flexibility index (Phi) is 5.35. The number of unbranched alkanes of at least 4 members (excludes halogenated alkanes) is 1. The van der Waals surface area contributed by atoms with E-state index in [4.69, 9.17) is 5.73 Å². The van der Waals surface area contributed by atoms with Gasteiger partial charge in [-0.05, 0) is 43.5 Å². The Labute approximate surface area is 110 Å². The third-order valence-electron chi connectivity index (χ3n) is 2.81. The second kappa shape index (κ2) is 6.55. The molecular formula is C15H24N2O. The summed E-state index contributed by atoms with van der Waals surface area (Å²) >= 11 is 0. The lowest BCUT2D eigenvalue weighted by atomic mass is 9.95. The molecule has 0 saturated carbocycles. The minimum Gasteiger partial charge on any atom is -0.330 e. The molecule has 0 unspecified atom stereocenters. The molecule has 1 amide bonds. The van der Waals surface area contributed by atoms with Crippen molar-refractivity contribution in [1.29, 1.82) is 0 Å². The van der Waals surface area contributed by atoms with Crippen molar-refractivity contribution in [2.75, 3.05) is 11.9 Å². The summed E-state index contributed by atoms with van der Waals surface area (Å²) in [6.07, 6.45) is 3.22. The molecule has 0 spiro atoms. The molecule has 1 aromatic rings. The lowest BCUT2D eigenvalue weighted by Crippen LogP contribution is -2.27. The van der Waals surface area contributed by atoms with Gasteiger partial charge >= 0.3 is 0 Å². The Morgan fingerprint density at radius 2 is 1.78 bits per heavy atom. The Morgan fingerprint density at radius 1 is 1.17 bits per heavy atom. The molecule has 0 aliphatic carbocycles. The summed E-state index contributed by atoms with van der Waals surface area (Å²) in [6.45, 7) is 6.47. The quantitative estimate of drug-likeness (QED) is 0.787. The number of benzene rings is 1. The van der Waals surface area contributed by atoms with Gasteiger partial charge in [-0.15, -0.1) is 0 Å². The summed E-state index contributed by atoms with van der Waals surface area (Å²) in [4.78, 5) is 11.8. The molecule has 100 valence electrons. The maximum absolute atomic E-state index is 11.8. The summed E-state index contributed by atoms with van der Waals surface area (Å²) in [6, 6.07) is 8.05. The minimum absolute atomic E-state index is 0.0402. The number of rotatable bonds is 5. The molecule has 18 heavy (non-hydrogen) atoms. The zero-order valence-corrected chi connectivity index (χ0v) is 11.6. The molecule has 3 N–H and O–H groups in total. The van der Waals surface area contributed by atoms with Crippen LogP contribution in [0.3, 0.4) is 0 Å². The fourth-order valence-corrected chi connectivity index (χ4v) is 1.55. The van der Waals surface area contributed by atoms with E-state index in [1.54, 1.807) is 0 Å². The van der Waals surface area contributed by atoms with Crippen LogP contribution in [0.4, 0.5) is 5.69 Å². The zero-order chi connectivity index (χ0) is 13.6. The second-order valence-corrected chi connectivity index (χ2v) is 5.65. The van der Waals surface area contributed by atoms with Gasteiger partial charge < -0.3 is 11.1 Å². The van der Waals surface area contributed by atoms with Crippen LogP contribution < -0.4 is 11.1 Å². The molecule has 0 aromatic heterocycles. The van der Waals surface area contributed by atoms with Gasteiger partial charge in [-0.2, -0.15) is 0 Å². The van der Waals surface area contributed by atoms with Crippen LogP contribution >= 0.6 is 0 Å². The van der Waals surface area contributed by atoms with Crippen LogP contribution in [0.25, 0.3) is 0 Å². The third kappa shape index (κ3) is 4.88. The lowest BCUT2D eigenvalue weighted by molar-refractivity contribution is -0.123. The number of carbonyl (C=O) groups is 1. The SMILES string of the molecule is CC(C)(C)C(=O)Nc1ccc(CCCCN)cc1. The van der Waals surface area contributed by atoms with Gasteiger partial charge in [-0.25, -0.2) is 0 Å². The molecule has 0 fully saturated rings. The van der Waals surface area contributed by atoms with Gasteiger partial charge in [-0.3, -0.25) is 4.79 Å². The van der Waals surface area contributed by atoms with Crippen LogP contribution in [0, 0.1) is 5.41 Å². The highest BCUT2D eigenvalue weighted by atomic mass is 16.2. The Balaban J connectivity index is 2.53. The molecule has 0 bridgehead atoms. The van der Waals surface area contributed by atoms with Crippen LogP contribution in [-0.2, 0) is 11.2 Å². The van der Waals surface area contributed by atoms with Gasteiger partial charge in [0, 0.05) is 11.1 Å². The summed E-state index contributed by atoms with van der Waals surface area (Å²) in [5, 5.41) is 2.92. The van der Waals surface area contributed by atoms with Crippen molar-refractivity contribution in [3.05, 3.63) is 29.8 Å². The summed E-state index contributed by atoms with van der Waals surface area (Å²) < 4.78 is 0. The molecule has 0 heterocycles. The lowest BCUT2D eigenvalue weighted by Gasteiger charge is -2.17.